The standard InChI is InChI=1S/C19H18ClN7O/c1-11-4-5-15(12(2)6-11)26-18-14(9-23-26)19(22-10-21-18)27-16(7-13(3)25-27)24-17(28)8-20/h4-7,9-10H,8H2,1-3H3,(H,24,28). The van der Waals surface area contributed by atoms with Crippen LogP contribution in [-0.4, -0.2) is 41.3 Å². The SMILES string of the molecule is Cc1ccc(-n2ncc3c(-n4nc(C)cc4NC(=O)CCl)ncnc32)c(C)c1. The molecule has 0 saturated carbocycles. The summed E-state index contributed by atoms with van der Waals surface area (Å²) in [6.45, 7) is 5.92. The van der Waals surface area contributed by atoms with Crippen molar-refractivity contribution in [2.24, 2.45) is 0 Å². The first-order chi connectivity index (χ1) is 13.5. The Labute approximate surface area is 166 Å². The fourth-order valence-electron chi connectivity index (χ4n) is 3.15. The molecule has 0 aliphatic heterocycles. The monoisotopic (exact) mass is 395 g/mol. The number of carbonyl (C=O) groups is 1. The van der Waals surface area contributed by atoms with Gasteiger partial charge in [0.05, 0.1) is 23.0 Å². The number of fused-ring (bicyclic) bond motifs is 1. The molecule has 8 nitrogen and oxygen atoms in total. The molecule has 0 fully saturated rings. The van der Waals surface area contributed by atoms with Crippen LogP contribution < -0.4 is 5.32 Å². The Morgan fingerprint density at radius 3 is 2.71 bits per heavy atom. The molecule has 0 spiro atoms. The number of alkyl halides is 1. The Morgan fingerprint density at radius 2 is 1.96 bits per heavy atom. The predicted octanol–water partition coefficient (Wildman–Crippen LogP) is 3.10. The van der Waals surface area contributed by atoms with Crippen molar-refractivity contribution >= 4 is 34.4 Å². The van der Waals surface area contributed by atoms with Crippen LogP contribution in [0.25, 0.3) is 22.5 Å². The smallest absolute Gasteiger partial charge is 0.240 e. The molecule has 4 aromatic rings. The van der Waals surface area contributed by atoms with E-state index < -0.39 is 0 Å². The van der Waals surface area contributed by atoms with E-state index in [2.05, 4.69) is 38.5 Å². The molecule has 1 N–H and O–H groups in total. The van der Waals surface area contributed by atoms with Crippen LogP contribution in [-0.2, 0) is 4.79 Å². The van der Waals surface area contributed by atoms with Gasteiger partial charge in [0.2, 0.25) is 5.91 Å². The molecule has 0 radical (unpaired) electrons. The average molecular weight is 396 g/mol. The Kier molecular flexibility index (Phi) is 4.56. The minimum Gasteiger partial charge on any atom is -0.309 e. The highest BCUT2D eigenvalue weighted by Crippen LogP contribution is 2.25. The van der Waals surface area contributed by atoms with Crippen LogP contribution >= 0.6 is 11.6 Å². The largest absolute Gasteiger partial charge is 0.309 e. The number of aromatic nitrogens is 6. The lowest BCUT2D eigenvalue weighted by atomic mass is 10.1. The number of hydrogen-bond acceptors (Lipinski definition) is 5. The van der Waals surface area contributed by atoms with Crippen molar-refractivity contribution in [3.63, 3.8) is 0 Å². The maximum Gasteiger partial charge on any atom is 0.240 e. The van der Waals surface area contributed by atoms with Crippen LogP contribution in [0.4, 0.5) is 5.82 Å². The lowest BCUT2D eigenvalue weighted by Gasteiger charge is -2.09. The van der Waals surface area contributed by atoms with Crippen LogP contribution in [0.3, 0.4) is 0 Å². The zero-order valence-corrected chi connectivity index (χ0v) is 16.4. The van der Waals surface area contributed by atoms with Crippen LogP contribution in [0.15, 0.2) is 36.8 Å². The summed E-state index contributed by atoms with van der Waals surface area (Å²) in [4.78, 5) is 20.6. The summed E-state index contributed by atoms with van der Waals surface area (Å²) in [7, 11) is 0. The fourth-order valence-corrected chi connectivity index (χ4v) is 3.21. The molecular weight excluding hydrogens is 378 g/mol. The lowest BCUT2D eigenvalue weighted by Crippen LogP contribution is -2.16. The Morgan fingerprint density at radius 1 is 1.14 bits per heavy atom. The van der Waals surface area contributed by atoms with E-state index in [1.54, 1.807) is 21.6 Å². The Bertz CT molecular complexity index is 1190. The van der Waals surface area contributed by atoms with Crippen molar-refractivity contribution in [1.82, 2.24) is 29.5 Å². The number of benzene rings is 1. The number of nitrogens with zero attached hydrogens (tertiary/aromatic N) is 6. The summed E-state index contributed by atoms with van der Waals surface area (Å²) in [5.41, 5.74) is 4.60. The summed E-state index contributed by atoms with van der Waals surface area (Å²) in [6, 6.07) is 7.91. The topological polar surface area (TPSA) is 90.5 Å². The van der Waals surface area contributed by atoms with E-state index in [1.807, 2.05) is 26.0 Å². The third-order valence-electron chi connectivity index (χ3n) is 4.35. The minimum atomic E-state index is -0.320. The number of hydrogen-bond donors (Lipinski definition) is 1. The summed E-state index contributed by atoms with van der Waals surface area (Å²) in [5, 5.41) is 12.4. The van der Waals surface area contributed by atoms with E-state index in [4.69, 9.17) is 11.6 Å². The molecule has 3 aromatic heterocycles. The summed E-state index contributed by atoms with van der Waals surface area (Å²) < 4.78 is 3.35. The van der Waals surface area contributed by atoms with Gasteiger partial charge in [0.25, 0.3) is 0 Å². The normalized spacial score (nSPS) is 11.1. The van der Waals surface area contributed by atoms with E-state index >= 15 is 0 Å². The maximum absolute atomic E-state index is 11.8. The fraction of sp³-hybridized carbons (Fsp3) is 0.211. The first kappa shape index (κ1) is 18.1. The highest BCUT2D eigenvalue weighted by atomic mass is 35.5. The zero-order chi connectivity index (χ0) is 19.8. The molecule has 1 amide bonds. The summed E-state index contributed by atoms with van der Waals surface area (Å²) in [5.74, 6) is 0.550. The van der Waals surface area contributed by atoms with Crippen molar-refractivity contribution < 1.29 is 4.79 Å². The van der Waals surface area contributed by atoms with Crippen LogP contribution in [0.1, 0.15) is 16.8 Å². The zero-order valence-electron chi connectivity index (χ0n) is 15.6. The van der Waals surface area contributed by atoms with E-state index in [9.17, 15) is 4.79 Å². The van der Waals surface area contributed by atoms with Gasteiger partial charge in [-0.25, -0.2) is 14.6 Å². The average Bonchev–Trinajstić information content (AvgIpc) is 3.25. The number of aryl methyl sites for hydroxylation is 3. The molecule has 4 rings (SSSR count). The van der Waals surface area contributed by atoms with Crippen molar-refractivity contribution in [3.8, 4) is 11.5 Å². The van der Waals surface area contributed by atoms with Crippen molar-refractivity contribution in [2.75, 3.05) is 11.2 Å². The predicted molar refractivity (Wildman–Crippen MR) is 107 cm³/mol. The van der Waals surface area contributed by atoms with Crippen LogP contribution in [0, 0.1) is 20.8 Å². The number of carbonyl (C=O) groups excluding carboxylic acids is 1. The van der Waals surface area contributed by atoms with Crippen molar-refractivity contribution in [3.05, 3.63) is 53.6 Å². The van der Waals surface area contributed by atoms with E-state index in [0.29, 0.717) is 22.7 Å². The Hall–Kier alpha value is -3.26. The second-order valence-electron chi connectivity index (χ2n) is 6.55. The van der Waals surface area contributed by atoms with E-state index in [-0.39, 0.29) is 11.8 Å². The second kappa shape index (κ2) is 7.05. The van der Waals surface area contributed by atoms with Crippen LogP contribution in [0.2, 0.25) is 0 Å². The third-order valence-corrected chi connectivity index (χ3v) is 4.59. The molecule has 0 saturated heterocycles. The first-order valence-electron chi connectivity index (χ1n) is 8.67. The maximum atomic E-state index is 11.8. The number of rotatable bonds is 4. The van der Waals surface area contributed by atoms with Gasteiger partial charge in [-0.2, -0.15) is 14.9 Å². The molecule has 142 valence electrons. The highest BCUT2D eigenvalue weighted by molar-refractivity contribution is 6.29. The molecule has 0 atom stereocenters. The lowest BCUT2D eigenvalue weighted by molar-refractivity contribution is -0.114. The van der Waals surface area contributed by atoms with Gasteiger partial charge in [-0.05, 0) is 32.4 Å². The van der Waals surface area contributed by atoms with Gasteiger partial charge in [0.15, 0.2) is 11.5 Å². The molecular formula is C19H18ClN7O. The number of amides is 1. The van der Waals surface area contributed by atoms with E-state index in [0.717, 1.165) is 16.9 Å². The van der Waals surface area contributed by atoms with Gasteiger partial charge in [-0.3, -0.25) is 4.79 Å². The number of halogens is 1. The molecule has 28 heavy (non-hydrogen) atoms. The molecule has 0 aliphatic carbocycles. The first-order valence-corrected chi connectivity index (χ1v) is 9.20. The summed E-state index contributed by atoms with van der Waals surface area (Å²) >= 11 is 5.62. The third kappa shape index (κ3) is 3.11. The molecule has 0 aliphatic rings. The van der Waals surface area contributed by atoms with Gasteiger partial charge in [0.1, 0.15) is 18.0 Å². The van der Waals surface area contributed by atoms with Crippen molar-refractivity contribution in [1.29, 1.82) is 0 Å². The molecule has 1 aromatic carbocycles. The Balaban J connectivity index is 1.87. The molecule has 0 unspecified atom stereocenters. The second-order valence-corrected chi connectivity index (χ2v) is 6.81. The van der Waals surface area contributed by atoms with E-state index in [1.165, 1.54) is 11.9 Å². The molecule has 0 bridgehead atoms. The number of anilines is 1. The highest BCUT2D eigenvalue weighted by Gasteiger charge is 2.18. The van der Waals surface area contributed by atoms with Crippen LogP contribution in [0.5, 0.6) is 0 Å². The molecule has 3 heterocycles. The quantitative estimate of drug-likeness (QED) is 0.536. The van der Waals surface area contributed by atoms with Crippen molar-refractivity contribution in [2.45, 2.75) is 20.8 Å². The minimum absolute atomic E-state index is 0.145. The number of nitrogens with one attached hydrogen (secondary N) is 1. The van der Waals surface area contributed by atoms with Gasteiger partial charge in [0, 0.05) is 6.07 Å². The van der Waals surface area contributed by atoms with Gasteiger partial charge < -0.3 is 5.32 Å². The molecule has 9 heteroatoms. The summed E-state index contributed by atoms with van der Waals surface area (Å²) in [6.07, 6.45) is 3.16. The van der Waals surface area contributed by atoms with Gasteiger partial charge in [-0.1, -0.05) is 17.7 Å². The van der Waals surface area contributed by atoms with Gasteiger partial charge in [-0.15, -0.1) is 11.6 Å². The van der Waals surface area contributed by atoms with Gasteiger partial charge >= 0.3 is 0 Å².